The van der Waals surface area contributed by atoms with Crippen LogP contribution in [0.1, 0.15) is 13.3 Å². The van der Waals surface area contributed by atoms with Crippen molar-refractivity contribution in [1.82, 2.24) is 0 Å². The average molecular weight is 440 g/mol. The van der Waals surface area contributed by atoms with E-state index in [9.17, 15) is 29.3 Å². The molecule has 1 aliphatic heterocycles. The third kappa shape index (κ3) is 5.65. The van der Waals surface area contributed by atoms with Crippen LogP contribution in [0.2, 0.25) is 0 Å². The van der Waals surface area contributed by atoms with E-state index in [-0.39, 0.29) is 30.5 Å². The normalized spacial score (nSPS) is 15.2. The zero-order chi connectivity index (χ0) is 23.3. The van der Waals surface area contributed by atoms with Gasteiger partial charge in [0, 0.05) is 43.4 Å². The van der Waals surface area contributed by atoms with E-state index in [1.807, 2.05) is 0 Å². The van der Waals surface area contributed by atoms with Crippen LogP contribution in [0.4, 0.5) is 22.7 Å². The highest BCUT2D eigenvalue weighted by Crippen LogP contribution is 2.28. The Bertz CT molecular complexity index is 1070. The Morgan fingerprint density at radius 2 is 1.78 bits per heavy atom. The number of hydrogen-bond donors (Lipinski definition) is 2. The molecule has 0 radical (unpaired) electrons. The summed E-state index contributed by atoms with van der Waals surface area (Å²) in [6.45, 7) is 0.851. The minimum Gasteiger partial charge on any atom is -0.455 e. The molecule has 1 saturated heterocycles. The molecule has 1 aliphatic rings. The molecule has 166 valence electrons. The number of nitrogens with zero attached hydrogens (tertiary/aromatic N) is 2. The number of rotatable bonds is 7. The second kappa shape index (κ2) is 9.69. The molecule has 0 saturated carbocycles. The van der Waals surface area contributed by atoms with E-state index in [0.29, 0.717) is 17.1 Å². The number of esters is 1. The molecule has 2 N–H and O–H groups in total. The molecule has 2 aromatic rings. The first kappa shape index (κ1) is 22.4. The maximum absolute atomic E-state index is 12.3. The number of benzene rings is 2. The Hall–Kier alpha value is -4.28. The van der Waals surface area contributed by atoms with E-state index in [0.717, 1.165) is 0 Å². The number of carbonyl (C=O) groups is 4. The molecule has 1 atom stereocenters. The summed E-state index contributed by atoms with van der Waals surface area (Å²) in [5.74, 6) is -2.64. The lowest BCUT2D eigenvalue weighted by Crippen LogP contribution is -2.28. The highest BCUT2D eigenvalue weighted by Gasteiger charge is 2.36. The summed E-state index contributed by atoms with van der Waals surface area (Å²) in [7, 11) is 0. The largest absolute Gasteiger partial charge is 0.455 e. The lowest BCUT2D eigenvalue weighted by atomic mass is 10.1. The molecule has 1 heterocycles. The zero-order valence-electron chi connectivity index (χ0n) is 17.1. The summed E-state index contributed by atoms with van der Waals surface area (Å²) in [5, 5.41) is 16.1. The summed E-state index contributed by atoms with van der Waals surface area (Å²) in [4.78, 5) is 59.3. The van der Waals surface area contributed by atoms with E-state index in [4.69, 9.17) is 4.74 Å². The first-order valence-corrected chi connectivity index (χ1v) is 9.62. The van der Waals surface area contributed by atoms with Crippen LogP contribution in [0.25, 0.3) is 0 Å². The Morgan fingerprint density at radius 3 is 2.41 bits per heavy atom. The average Bonchev–Trinajstić information content (AvgIpc) is 3.15. The van der Waals surface area contributed by atoms with Crippen LogP contribution < -0.4 is 15.5 Å². The number of hydrogen-bond acceptors (Lipinski definition) is 7. The van der Waals surface area contributed by atoms with E-state index in [2.05, 4.69) is 10.6 Å². The minimum atomic E-state index is -0.786. The van der Waals surface area contributed by atoms with Gasteiger partial charge in [-0.15, -0.1) is 0 Å². The van der Waals surface area contributed by atoms with Crippen molar-refractivity contribution in [2.45, 2.75) is 13.3 Å². The van der Waals surface area contributed by atoms with Crippen molar-refractivity contribution in [3.05, 3.63) is 58.6 Å². The number of nitrogens with one attached hydrogen (secondary N) is 2. The Morgan fingerprint density at radius 1 is 1.12 bits per heavy atom. The number of nitro groups is 1. The topological polar surface area (TPSA) is 148 Å². The smallest absolute Gasteiger partial charge is 0.311 e. The van der Waals surface area contributed by atoms with Gasteiger partial charge in [0.2, 0.25) is 11.8 Å². The molecule has 2 aromatic carbocycles. The third-order valence-electron chi connectivity index (χ3n) is 4.65. The molecule has 11 nitrogen and oxygen atoms in total. The highest BCUT2D eigenvalue weighted by molar-refractivity contribution is 6.00. The number of non-ortho nitro benzene ring substituents is 1. The molecule has 3 rings (SSSR count). The van der Waals surface area contributed by atoms with Crippen molar-refractivity contribution in [3.8, 4) is 0 Å². The molecule has 0 bridgehead atoms. The van der Waals surface area contributed by atoms with Gasteiger partial charge in [-0.25, -0.2) is 0 Å². The predicted molar refractivity (Wildman–Crippen MR) is 114 cm³/mol. The van der Waals surface area contributed by atoms with E-state index >= 15 is 0 Å². The molecule has 0 unspecified atom stereocenters. The molecule has 0 aromatic heterocycles. The number of ether oxygens (including phenoxy) is 1. The summed E-state index contributed by atoms with van der Waals surface area (Å²) in [6.07, 6.45) is -0.117. The maximum Gasteiger partial charge on any atom is 0.311 e. The van der Waals surface area contributed by atoms with Crippen molar-refractivity contribution in [2.75, 3.05) is 28.7 Å². The van der Waals surface area contributed by atoms with Gasteiger partial charge in [0.05, 0.1) is 16.5 Å². The zero-order valence-corrected chi connectivity index (χ0v) is 17.1. The van der Waals surface area contributed by atoms with Gasteiger partial charge in [-0.2, -0.15) is 0 Å². The summed E-state index contributed by atoms with van der Waals surface area (Å²) < 4.78 is 5.04. The molecular weight excluding hydrogens is 420 g/mol. The minimum absolute atomic E-state index is 0.00502. The van der Waals surface area contributed by atoms with E-state index in [1.54, 1.807) is 30.3 Å². The Labute approximate surface area is 182 Å². The van der Waals surface area contributed by atoms with Crippen LogP contribution >= 0.6 is 0 Å². The van der Waals surface area contributed by atoms with Crippen LogP contribution in [-0.4, -0.2) is 41.8 Å². The van der Waals surface area contributed by atoms with Crippen molar-refractivity contribution >= 4 is 46.4 Å². The Balaban J connectivity index is 1.51. The van der Waals surface area contributed by atoms with Gasteiger partial charge in [-0.3, -0.25) is 29.3 Å². The monoisotopic (exact) mass is 440 g/mol. The summed E-state index contributed by atoms with van der Waals surface area (Å²) >= 11 is 0. The van der Waals surface area contributed by atoms with E-state index < -0.39 is 29.3 Å². The molecule has 3 amide bonds. The standard InChI is InChI=1S/C21H20N4O7/c1-13(26)22-15-5-7-16(8-6-15)23-19(27)12-32-21(29)14-9-20(28)24(11-14)17-3-2-4-18(10-17)25(30)31/h2-8,10,14H,9,11-12H2,1H3,(H,22,26)(H,23,27)/t14-/m0/s1. The van der Waals surface area contributed by atoms with E-state index in [1.165, 1.54) is 30.0 Å². The first-order chi connectivity index (χ1) is 15.2. The van der Waals surface area contributed by atoms with Crippen molar-refractivity contribution < 1.29 is 28.8 Å². The molecule has 0 spiro atoms. The van der Waals surface area contributed by atoms with Gasteiger partial charge in [0.1, 0.15) is 0 Å². The van der Waals surface area contributed by atoms with Gasteiger partial charge < -0.3 is 20.3 Å². The molecule has 1 fully saturated rings. The highest BCUT2D eigenvalue weighted by atomic mass is 16.6. The lowest BCUT2D eigenvalue weighted by Gasteiger charge is -2.16. The van der Waals surface area contributed by atoms with Gasteiger partial charge in [-0.1, -0.05) is 6.07 Å². The number of amides is 3. The van der Waals surface area contributed by atoms with Gasteiger partial charge in [-0.05, 0) is 30.3 Å². The number of nitro benzene ring substituents is 1. The van der Waals surface area contributed by atoms with Crippen LogP contribution in [0.3, 0.4) is 0 Å². The predicted octanol–water partition coefficient (Wildman–Crippen LogP) is 2.09. The van der Waals surface area contributed by atoms with Crippen molar-refractivity contribution in [3.63, 3.8) is 0 Å². The quantitative estimate of drug-likeness (QED) is 0.380. The van der Waals surface area contributed by atoms with Crippen LogP contribution in [0.15, 0.2) is 48.5 Å². The fourth-order valence-corrected chi connectivity index (χ4v) is 3.18. The molecular formula is C21H20N4O7. The fourth-order valence-electron chi connectivity index (χ4n) is 3.18. The fraction of sp³-hybridized carbons (Fsp3) is 0.238. The first-order valence-electron chi connectivity index (χ1n) is 9.62. The molecule has 32 heavy (non-hydrogen) atoms. The second-order valence-electron chi connectivity index (χ2n) is 7.10. The second-order valence-corrected chi connectivity index (χ2v) is 7.10. The van der Waals surface area contributed by atoms with Crippen LogP contribution in [-0.2, 0) is 23.9 Å². The lowest BCUT2D eigenvalue weighted by molar-refractivity contribution is -0.384. The maximum atomic E-state index is 12.3. The molecule has 0 aliphatic carbocycles. The molecule has 11 heteroatoms. The van der Waals surface area contributed by atoms with Gasteiger partial charge in [0.25, 0.3) is 11.6 Å². The van der Waals surface area contributed by atoms with Crippen LogP contribution in [0, 0.1) is 16.0 Å². The number of carbonyl (C=O) groups excluding carboxylic acids is 4. The van der Waals surface area contributed by atoms with Crippen molar-refractivity contribution in [1.29, 1.82) is 0 Å². The Kier molecular flexibility index (Phi) is 6.78. The number of anilines is 3. The van der Waals surface area contributed by atoms with Crippen molar-refractivity contribution in [2.24, 2.45) is 5.92 Å². The SMILES string of the molecule is CC(=O)Nc1ccc(NC(=O)COC(=O)[C@H]2CC(=O)N(c3cccc([N+](=O)[O-])c3)C2)cc1. The van der Waals surface area contributed by atoms with Crippen LogP contribution in [0.5, 0.6) is 0 Å². The van der Waals surface area contributed by atoms with Gasteiger partial charge in [0.15, 0.2) is 6.61 Å². The van der Waals surface area contributed by atoms with Gasteiger partial charge >= 0.3 is 5.97 Å². The summed E-state index contributed by atoms with van der Waals surface area (Å²) in [5.41, 5.74) is 1.18. The third-order valence-corrected chi connectivity index (χ3v) is 4.65. The summed E-state index contributed by atoms with van der Waals surface area (Å²) in [6, 6.07) is 11.9.